The lowest BCUT2D eigenvalue weighted by molar-refractivity contribution is 0.102. The second kappa shape index (κ2) is 9.19. The number of amides is 1. The van der Waals surface area contributed by atoms with Crippen molar-refractivity contribution in [3.05, 3.63) is 57.2 Å². The molecule has 174 valence electrons. The quantitative estimate of drug-likeness (QED) is 0.459. The molecule has 0 bridgehead atoms. The number of carbonyl (C=O) groups excluding carboxylic acids is 1. The van der Waals surface area contributed by atoms with Crippen molar-refractivity contribution in [1.82, 2.24) is 4.98 Å². The molecule has 1 amide bonds. The summed E-state index contributed by atoms with van der Waals surface area (Å²) in [4.78, 5) is 22.2. The number of pyridine rings is 1. The van der Waals surface area contributed by atoms with Crippen LogP contribution in [-0.2, 0) is 0 Å². The van der Waals surface area contributed by atoms with Gasteiger partial charge >= 0.3 is 0 Å². The molecule has 2 aromatic rings. The van der Waals surface area contributed by atoms with Crippen molar-refractivity contribution in [2.45, 2.75) is 38.5 Å². The number of nitrogens with zero attached hydrogens (tertiary/aromatic N) is 3. The van der Waals surface area contributed by atoms with Crippen molar-refractivity contribution in [3.63, 3.8) is 0 Å². The number of hydrogen-bond acceptors (Lipinski definition) is 4. The maximum Gasteiger partial charge on any atom is 0.269 e. The highest BCUT2D eigenvalue weighted by atomic mass is 127. The van der Waals surface area contributed by atoms with Gasteiger partial charge in [0.2, 0.25) is 0 Å². The molecule has 0 atom stereocenters. The van der Waals surface area contributed by atoms with Crippen LogP contribution in [0.3, 0.4) is 0 Å². The Morgan fingerprint density at radius 2 is 1.70 bits per heavy atom. The van der Waals surface area contributed by atoms with Crippen LogP contribution in [0.15, 0.2) is 48.1 Å². The van der Waals surface area contributed by atoms with Crippen LogP contribution >= 0.6 is 22.6 Å². The number of hydrogen-bond donors (Lipinski definition) is 1. The van der Waals surface area contributed by atoms with E-state index in [1.807, 2.05) is 29.2 Å². The molecule has 33 heavy (non-hydrogen) atoms. The van der Waals surface area contributed by atoms with E-state index < -0.39 is 6.08 Å². The molecule has 0 unspecified atom stereocenters. The molecule has 2 saturated heterocycles. The zero-order valence-electron chi connectivity index (χ0n) is 18.4. The topological polar surface area (TPSA) is 48.5 Å². The highest BCUT2D eigenvalue weighted by molar-refractivity contribution is 14.1. The summed E-state index contributed by atoms with van der Waals surface area (Å²) in [5.41, 5.74) is 2.44. The zero-order valence-corrected chi connectivity index (χ0v) is 20.6. The molecule has 3 heterocycles. The van der Waals surface area contributed by atoms with Crippen molar-refractivity contribution < 1.29 is 13.6 Å². The molecule has 3 fully saturated rings. The number of anilines is 3. The van der Waals surface area contributed by atoms with Crippen LogP contribution in [0.2, 0.25) is 0 Å². The van der Waals surface area contributed by atoms with E-state index in [0.717, 1.165) is 22.3 Å². The third-order valence-electron chi connectivity index (χ3n) is 7.26. The van der Waals surface area contributed by atoms with Crippen LogP contribution in [-0.4, -0.2) is 37.1 Å². The number of halogens is 3. The van der Waals surface area contributed by atoms with E-state index in [9.17, 15) is 13.6 Å². The lowest BCUT2D eigenvalue weighted by Crippen LogP contribution is -2.35. The number of aromatic nitrogens is 1. The van der Waals surface area contributed by atoms with Crippen LogP contribution in [0.5, 0.6) is 0 Å². The maximum absolute atomic E-state index is 13.3. The number of carbonyl (C=O) groups is 1. The first kappa shape index (κ1) is 22.6. The third kappa shape index (κ3) is 5.00. The van der Waals surface area contributed by atoms with Crippen molar-refractivity contribution >= 4 is 45.8 Å². The molecule has 8 heteroatoms. The monoisotopic (exact) mass is 564 g/mol. The van der Waals surface area contributed by atoms with E-state index in [2.05, 4.69) is 43.9 Å². The average molecular weight is 564 g/mol. The van der Waals surface area contributed by atoms with Crippen molar-refractivity contribution in [2.75, 3.05) is 41.3 Å². The fourth-order valence-corrected chi connectivity index (χ4v) is 5.38. The predicted octanol–water partition coefficient (Wildman–Crippen LogP) is 6.07. The Bertz CT molecular complexity index is 1080. The standard InChI is InChI=1S/C25H27F2IN4O/c26-23(27)17-6-12-32(13-7-17)22-3-1-2-21(29-22)30-24(33)19-5-4-18(28)16-20(19)31-14-10-25(8-9-25)11-15-31/h1-5,16H,6-15H2,(H,29,30,33). The zero-order chi connectivity index (χ0) is 23.0. The summed E-state index contributed by atoms with van der Waals surface area (Å²) in [6, 6.07) is 11.4. The first-order valence-electron chi connectivity index (χ1n) is 11.5. The number of nitrogens with one attached hydrogen (secondary N) is 1. The van der Waals surface area contributed by atoms with E-state index in [4.69, 9.17) is 0 Å². The third-order valence-corrected chi connectivity index (χ3v) is 7.93. The van der Waals surface area contributed by atoms with Crippen LogP contribution in [0, 0.1) is 8.99 Å². The minimum atomic E-state index is -1.56. The van der Waals surface area contributed by atoms with Crippen molar-refractivity contribution in [3.8, 4) is 0 Å². The van der Waals surface area contributed by atoms with E-state index in [-0.39, 0.29) is 11.5 Å². The Balaban J connectivity index is 1.30. The molecule has 5 rings (SSSR count). The Morgan fingerprint density at radius 3 is 2.36 bits per heavy atom. The summed E-state index contributed by atoms with van der Waals surface area (Å²) in [6.07, 6.45) is 4.20. The van der Waals surface area contributed by atoms with Gasteiger partial charge in [0.15, 0.2) is 0 Å². The van der Waals surface area contributed by atoms with Gasteiger partial charge in [-0.3, -0.25) is 4.79 Å². The number of piperidine rings is 2. The molecular weight excluding hydrogens is 537 g/mol. The summed E-state index contributed by atoms with van der Waals surface area (Å²) in [5, 5.41) is 2.96. The molecule has 5 nitrogen and oxygen atoms in total. The van der Waals surface area contributed by atoms with Gasteiger partial charge in [0.05, 0.1) is 11.3 Å². The Kier molecular flexibility index (Phi) is 6.28. The van der Waals surface area contributed by atoms with Crippen molar-refractivity contribution in [2.24, 2.45) is 5.41 Å². The van der Waals surface area contributed by atoms with Gasteiger partial charge in [-0.15, -0.1) is 0 Å². The van der Waals surface area contributed by atoms with Crippen molar-refractivity contribution in [1.29, 1.82) is 0 Å². The largest absolute Gasteiger partial charge is 0.371 e. The second-order valence-corrected chi connectivity index (χ2v) is 10.6. The average Bonchev–Trinajstić information content (AvgIpc) is 3.58. The smallest absolute Gasteiger partial charge is 0.269 e. The minimum absolute atomic E-state index is 0.180. The van der Waals surface area contributed by atoms with Gasteiger partial charge in [0.25, 0.3) is 12.0 Å². The first-order chi connectivity index (χ1) is 15.9. The van der Waals surface area contributed by atoms with E-state index >= 15 is 0 Å². The summed E-state index contributed by atoms with van der Waals surface area (Å²) >= 11 is 2.29. The Hall–Kier alpha value is -2.23. The summed E-state index contributed by atoms with van der Waals surface area (Å²) in [5.74, 6) is 0.983. The molecule has 2 aliphatic heterocycles. The van der Waals surface area contributed by atoms with Gasteiger partial charge in [-0.2, -0.15) is 8.78 Å². The molecule has 3 aliphatic rings. The lowest BCUT2D eigenvalue weighted by atomic mass is 9.93. The van der Waals surface area contributed by atoms with Crippen LogP contribution in [0.1, 0.15) is 48.9 Å². The second-order valence-electron chi connectivity index (χ2n) is 9.33. The summed E-state index contributed by atoms with van der Waals surface area (Å²) < 4.78 is 26.8. The van der Waals surface area contributed by atoms with E-state index in [1.54, 1.807) is 6.07 Å². The molecule has 1 aliphatic carbocycles. The van der Waals surface area contributed by atoms with Gasteiger partial charge in [0.1, 0.15) is 11.6 Å². The van der Waals surface area contributed by atoms with Gasteiger partial charge in [-0.05, 0) is 102 Å². The molecule has 1 aromatic heterocycles. The molecule has 1 N–H and O–H groups in total. The Morgan fingerprint density at radius 1 is 0.970 bits per heavy atom. The lowest BCUT2D eigenvalue weighted by Gasteiger charge is -2.35. The van der Waals surface area contributed by atoms with E-state index in [0.29, 0.717) is 48.5 Å². The summed E-state index contributed by atoms with van der Waals surface area (Å²) in [7, 11) is 0. The normalized spacial score (nSPS) is 19.5. The first-order valence-corrected chi connectivity index (χ1v) is 12.6. The van der Waals surface area contributed by atoms with E-state index in [1.165, 1.54) is 25.7 Å². The molecular formula is C25H27F2IN4O. The SMILES string of the molecule is O=C(Nc1cccc(N2CCC(=C(F)F)CC2)n1)c1ccc(I)cc1N1CCC2(CC1)CC2. The fourth-order valence-electron chi connectivity index (χ4n) is 4.90. The molecule has 1 aromatic carbocycles. The van der Waals surface area contributed by atoms with Crippen LogP contribution < -0.4 is 15.1 Å². The highest BCUT2D eigenvalue weighted by Gasteiger charge is 2.44. The predicted molar refractivity (Wildman–Crippen MR) is 135 cm³/mol. The number of rotatable bonds is 4. The van der Waals surface area contributed by atoms with Gasteiger partial charge < -0.3 is 15.1 Å². The van der Waals surface area contributed by atoms with Crippen LogP contribution in [0.25, 0.3) is 0 Å². The fraction of sp³-hybridized carbons (Fsp3) is 0.440. The molecule has 1 spiro atoms. The molecule has 0 radical (unpaired) electrons. The van der Waals surface area contributed by atoms with Gasteiger partial charge in [-0.25, -0.2) is 4.98 Å². The van der Waals surface area contributed by atoms with Crippen LogP contribution in [0.4, 0.5) is 26.1 Å². The number of benzene rings is 1. The highest BCUT2D eigenvalue weighted by Crippen LogP contribution is 2.54. The summed E-state index contributed by atoms with van der Waals surface area (Å²) in [6.45, 7) is 2.96. The van der Waals surface area contributed by atoms with Gasteiger partial charge in [-0.1, -0.05) is 6.07 Å². The Labute approximate surface area is 206 Å². The molecule has 1 saturated carbocycles. The maximum atomic E-state index is 13.3. The van der Waals surface area contributed by atoms with Gasteiger partial charge in [0, 0.05) is 29.7 Å². The minimum Gasteiger partial charge on any atom is -0.371 e.